The number of carbonyl (C=O) groups excluding carboxylic acids is 2. The molecule has 0 aliphatic carbocycles. The average molecular weight is 469 g/mol. The first-order valence-electron chi connectivity index (χ1n) is 11.9. The van der Waals surface area contributed by atoms with Crippen molar-refractivity contribution >= 4 is 23.4 Å². The monoisotopic (exact) mass is 468 g/mol. The van der Waals surface area contributed by atoms with E-state index in [1.807, 2.05) is 49.1 Å². The van der Waals surface area contributed by atoms with Crippen LogP contribution >= 0.6 is 11.6 Å². The molecular formula is C27H33ClN2O3. The smallest absolute Gasteiger partial charge is 0.253 e. The lowest BCUT2D eigenvalue weighted by Crippen LogP contribution is -2.49. The summed E-state index contributed by atoms with van der Waals surface area (Å²) in [5, 5.41) is 3.93. The van der Waals surface area contributed by atoms with Crippen molar-refractivity contribution in [3.8, 4) is 0 Å². The number of benzene rings is 2. The molecule has 6 heteroatoms. The van der Waals surface area contributed by atoms with Crippen LogP contribution in [0.1, 0.15) is 52.7 Å². The van der Waals surface area contributed by atoms with Gasteiger partial charge in [-0.1, -0.05) is 40.9 Å². The molecule has 1 N–H and O–H groups in total. The Hall–Kier alpha value is -2.37. The number of likely N-dealkylation sites (tertiary alicyclic amines) is 1. The second-order valence-electron chi connectivity index (χ2n) is 9.59. The SMILES string of the molecule is Cc1cc(C)cc(C(=O)N2CCCC(C(=O)NCC3(c4cccc(Cl)c4)CCOCC3)C2)c1. The minimum Gasteiger partial charge on any atom is -0.381 e. The predicted octanol–water partition coefficient (Wildman–Crippen LogP) is 4.67. The Morgan fingerprint density at radius 1 is 1.12 bits per heavy atom. The molecule has 1 atom stereocenters. The third-order valence-corrected chi connectivity index (χ3v) is 7.27. The summed E-state index contributed by atoms with van der Waals surface area (Å²) in [6, 6.07) is 13.9. The van der Waals surface area contributed by atoms with Gasteiger partial charge in [0.05, 0.1) is 5.92 Å². The molecule has 33 heavy (non-hydrogen) atoms. The number of halogens is 1. The fourth-order valence-electron chi connectivity index (χ4n) is 5.20. The van der Waals surface area contributed by atoms with Crippen LogP contribution in [-0.4, -0.2) is 49.6 Å². The van der Waals surface area contributed by atoms with Crippen molar-refractivity contribution in [2.24, 2.45) is 5.92 Å². The van der Waals surface area contributed by atoms with Crippen LogP contribution in [0.2, 0.25) is 5.02 Å². The van der Waals surface area contributed by atoms with Gasteiger partial charge in [-0.25, -0.2) is 0 Å². The number of ether oxygens (including phenoxy) is 1. The summed E-state index contributed by atoms with van der Waals surface area (Å²) in [5.41, 5.74) is 3.83. The average Bonchev–Trinajstić information content (AvgIpc) is 2.82. The topological polar surface area (TPSA) is 58.6 Å². The zero-order chi connectivity index (χ0) is 23.4. The highest BCUT2D eigenvalue weighted by Gasteiger charge is 2.36. The second kappa shape index (κ2) is 10.3. The minimum atomic E-state index is -0.190. The molecule has 2 aliphatic heterocycles. The molecule has 2 aromatic carbocycles. The molecular weight excluding hydrogens is 436 g/mol. The molecule has 5 nitrogen and oxygen atoms in total. The molecule has 0 aromatic heterocycles. The highest BCUT2D eigenvalue weighted by Crippen LogP contribution is 2.35. The summed E-state index contributed by atoms with van der Waals surface area (Å²) in [6.45, 7) is 7.06. The number of carbonyl (C=O) groups is 2. The van der Waals surface area contributed by atoms with Crippen molar-refractivity contribution in [1.82, 2.24) is 10.2 Å². The quantitative estimate of drug-likeness (QED) is 0.693. The third-order valence-electron chi connectivity index (χ3n) is 7.04. The Bertz CT molecular complexity index is 996. The molecule has 2 aromatic rings. The number of aryl methyl sites for hydroxylation is 2. The number of nitrogens with one attached hydrogen (secondary N) is 1. The molecule has 0 radical (unpaired) electrons. The lowest BCUT2D eigenvalue weighted by atomic mass is 9.74. The Morgan fingerprint density at radius 3 is 2.55 bits per heavy atom. The van der Waals surface area contributed by atoms with Gasteiger partial charge in [0.2, 0.25) is 5.91 Å². The number of amides is 2. The first-order valence-corrected chi connectivity index (χ1v) is 12.2. The molecule has 2 amide bonds. The maximum atomic E-state index is 13.2. The Morgan fingerprint density at radius 2 is 1.85 bits per heavy atom. The van der Waals surface area contributed by atoms with Gasteiger partial charge < -0.3 is 15.0 Å². The fraction of sp³-hybridized carbons (Fsp3) is 0.481. The van der Waals surface area contributed by atoms with E-state index < -0.39 is 0 Å². The molecule has 2 aliphatic rings. The zero-order valence-electron chi connectivity index (χ0n) is 19.5. The molecule has 0 saturated carbocycles. The normalized spacial score (nSPS) is 20.3. The van der Waals surface area contributed by atoms with Crippen LogP contribution in [0.4, 0.5) is 0 Å². The number of hydrogen-bond donors (Lipinski definition) is 1. The van der Waals surface area contributed by atoms with E-state index in [4.69, 9.17) is 16.3 Å². The largest absolute Gasteiger partial charge is 0.381 e. The van der Waals surface area contributed by atoms with Gasteiger partial charge in [0.1, 0.15) is 0 Å². The number of nitrogens with zero attached hydrogens (tertiary/aromatic N) is 1. The van der Waals surface area contributed by atoms with E-state index in [0.717, 1.165) is 42.4 Å². The highest BCUT2D eigenvalue weighted by molar-refractivity contribution is 6.30. The molecule has 176 valence electrons. The van der Waals surface area contributed by atoms with Gasteiger partial charge in [-0.05, 0) is 69.4 Å². The van der Waals surface area contributed by atoms with E-state index in [-0.39, 0.29) is 23.1 Å². The number of piperidine rings is 1. The lowest BCUT2D eigenvalue weighted by Gasteiger charge is -2.39. The van der Waals surface area contributed by atoms with E-state index in [0.29, 0.717) is 43.4 Å². The zero-order valence-corrected chi connectivity index (χ0v) is 20.3. The molecule has 0 spiro atoms. The summed E-state index contributed by atoms with van der Waals surface area (Å²) in [7, 11) is 0. The van der Waals surface area contributed by atoms with Crippen LogP contribution in [0.25, 0.3) is 0 Å². The van der Waals surface area contributed by atoms with Crippen LogP contribution in [0.15, 0.2) is 42.5 Å². The maximum absolute atomic E-state index is 13.2. The summed E-state index contributed by atoms with van der Waals surface area (Å²) in [6.07, 6.45) is 3.32. The molecule has 4 rings (SSSR count). The Kier molecular flexibility index (Phi) is 7.40. The van der Waals surface area contributed by atoms with E-state index in [1.165, 1.54) is 0 Å². The van der Waals surface area contributed by atoms with Gasteiger partial charge in [0, 0.05) is 48.8 Å². The summed E-state index contributed by atoms with van der Waals surface area (Å²) in [4.78, 5) is 28.1. The molecule has 2 fully saturated rings. The molecule has 0 bridgehead atoms. The van der Waals surface area contributed by atoms with Crippen LogP contribution in [-0.2, 0) is 14.9 Å². The molecule has 2 heterocycles. The second-order valence-corrected chi connectivity index (χ2v) is 10.0. The van der Waals surface area contributed by atoms with E-state index in [9.17, 15) is 9.59 Å². The van der Waals surface area contributed by atoms with Gasteiger partial charge in [-0.3, -0.25) is 9.59 Å². The van der Waals surface area contributed by atoms with E-state index in [2.05, 4.69) is 17.4 Å². The summed E-state index contributed by atoms with van der Waals surface area (Å²) < 4.78 is 5.61. The summed E-state index contributed by atoms with van der Waals surface area (Å²) >= 11 is 6.27. The van der Waals surface area contributed by atoms with E-state index >= 15 is 0 Å². The highest BCUT2D eigenvalue weighted by atomic mass is 35.5. The van der Waals surface area contributed by atoms with Crippen LogP contribution in [0.5, 0.6) is 0 Å². The first kappa shape index (κ1) is 23.8. The van der Waals surface area contributed by atoms with Crippen LogP contribution in [0, 0.1) is 19.8 Å². The van der Waals surface area contributed by atoms with Crippen molar-refractivity contribution in [1.29, 1.82) is 0 Å². The minimum absolute atomic E-state index is 0.0131. The van der Waals surface area contributed by atoms with Crippen LogP contribution < -0.4 is 5.32 Å². The first-order chi connectivity index (χ1) is 15.9. The van der Waals surface area contributed by atoms with Gasteiger partial charge in [0.25, 0.3) is 5.91 Å². The Balaban J connectivity index is 1.42. The van der Waals surface area contributed by atoms with Crippen molar-refractivity contribution in [2.45, 2.75) is 44.9 Å². The van der Waals surface area contributed by atoms with Crippen LogP contribution in [0.3, 0.4) is 0 Å². The third kappa shape index (κ3) is 5.59. The summed E-state index contributed by atoms with van der Waals surface area (Å²) in [5.74, 6) is -0.148. The lowest BCUT2D eigenvalue weighted by molar-refractivity contribution is -0.126. The number of hydrogen-bond acceptors (Lipinski definition) is 3. The van der Waals surface area contributed by atoms with Gasteiger partial charge in [-0.15, -0.1) is 0 Å². The van der Waals surface area contributed by atoms with Crippen molar-refractivity contribution < 1.29 is 14.3 Å². The van der Waals surface area contributed by atoms with Gasteiger partial charge in [0.15, 0.2) is 0 Å². The van der Waals surface area contributed by atoms with Gasteiger partial charge in [-0.2, -0.15) is 0 Å². The number of rotatable bonds is 5. The van der Waals surface area contributed by atoms with Crippen molar-refractivity contribution in [2.75, 3.05) is 32.8 Å². The molecule has 2 saturated heterocycles. The van der Waals surface area contributed by atoms with Gasteiger partial charge >= 0.3 is 0 Å². The van der Waals surface area contributed by atoms with E-state index in [1.54, 1.807) is 0 Å². The molecule has 1 unspecified atom stereocenters. The maximum Gasteiger partial charge on any atom is 0.253 e. The Labute approximate surface area is 201 Å². The van der Waals surface area contributed by atoms with Crippen molar-refractivity contribution in [3.05, 3.63) is 69.7 Å². The van der Waals surface area contributed by atoms with Crippen molar-refractivity contribution in [3.63, 3.8) is 0 Å². The standard InChI is InChI=1S/C27H33ClN2O3/c1-19-13-20(2)15-22(14-19)26(32)30-10-4-5-21(17-30)25(31)29-18-27(8-11-33-12-9-27)23-6-3-7-24(28)16-23/h3,6-7,13-16,21H,4-5,8-12,17-18H2,1-2H3,(H,29,31). The fourth-order valence-corrected chi connectivity index (χ4v) is 5.40. The predicted molar refractivity (Wildman–Crippen MR) is 131 cm³/mol.